The first-order valence-corrected chi connectivity index (χ1v) is 4.44. The van der Waals surface area contributed by atoms with Crippen LogP contribution in [0.4, 0.5) is 0 Å². The zero-order chi connectivity index (χ0) is 9.52. The van der Waals surface area contributed by atoms with E-state index in [0.717, 1.165) is 11.1 Å². The average molecular weight is 177 g/mol. The number of aliphatic hydroxyl groups excluding tert-OH is 1. The van der Waals surface area contributed by atoms with Crippen LogP contribution < -0.4 is 5.73 Å². The number of benzene rings is 1. The Labute approximate surface area is 78.7 Å². The molecule has 0 saturated carbocycles. The number of hydrogen-bond donors (Lipinski definition) is 2. The molecule has 1 rings (SSSR count). The number of aliphatic hydroxyl groups is 1. The lowest BCUT2D eigenvalue weighted by molar-refractivity contribution is 0.299. The molecule has 1 aromatic carbocycles. The molecule has 2 heteroatoms. The Morgan fingerprint density at radius 3 is 2.77 bits per heavy atom. The highest BCUT2D eigenvalue weighted by atomic mass is 16.2. The number of hydrogen-bond acceptors (Lipinski definition) is 2. The van der Waals surface area contributed by atoms with Crippen LogP contribution in [0.5, 0.6) is 0 Å². The Morgan fingerprint density at radius 2 is 2.08 bits per heavy atom. The van der Waals surface area contributed by atoms with Crippen molar-refractivity contribution in [1.29, 1.82) is 0 Å². The zero-order valence-corrected chi connectivity index (χ0v) is 7.61. The summed E-state index contributed by atoms with van der Waals surface area (Å²) in [5.74, 6) is 0. The lowest BCUT2D eigenvalue weighted by Gasteiger charge is -2.02. The van der Waals surface area contributed by atoms with Gasteiger partial charge in [-0.05, 0) is 17.5 Å². The highest BCUT2D eigenvalue weighted by Gasteiger charge is 1.96. The van der Waals surface area contributed by atoms with E-state index < -0.39 is 0 Å². The van der Waals surface area contributed by atoms with Crippen molar-refractivity contribution >= 4 is 6.08 Å². The SMILES string of the molecule is NCC=Cc1ccccc1CCO. The highest BCUT2D eigenvalue weighted by molar-refractivity contribution is 5.53. The maximum absolute atomic E-state index is 8.82. The first kappa shape index (κ1) is 9.96. The fraction of sp³-hybridized carbons (Fsp3) is 0.273. The van der Waals surface area contributed by atoms with Crippen molar-refractivity contribution in [3.05, 3.63) is 41.5 Å². The largest absolute Gasteiger partial charge is 0.396 e. The van der Waals surface area contributed by atoms with Crippen molar-refractivity contribution in [1.82, 2.24) is 0 Å². The fourth-order valence-corrected chi connectivity index (χ4v) is 1.24. The molecular formula is C11H15NO. The summed E-state index contributed by atoms with van der Waals surface area (Å²) in [7, 11) is 0. The van der Waals surface area contributed by atoms with E-state index in [1.165, 1.54) is 0 Å². The van der Waals surface area contributed by atoms with Gasteiger partial charge >= 0.3 is 0 Å². The minimum atomic E-state index is 0.188. The molecule has 0 saturated heterocycles. The molecule has 0 amide bonds. The Balaban J connectivity index is 2.84. The molecule has 3 N–H and O–H groups in total. The summed E-state index contributed by atoms with van der Waals surface area (Å²) < 4.78 is 0. The van der Waals surface area contributed by atoms with Crippen LogP contribution in [0.15, 0.2) is 30.3 Å². The first-order valence-electron chi connectivity index (χ1n) is 4.44. The van der Waals surface area contributed by atoms with Gasteiger partial charge in [-0.1, -0.05) is 36.4 Å². The molecule has 0 heterocycles. The Kier molecular flexibility index (Phi) is 4.23. The molecule has 0 aliphatic heterocycles. The maximum Gasteiger partial charge on any atom is 0.0471 e. The average Bonchev–Trinajstić information content (AvgIpc) is 2.17. The molecule has 1 aromatic rings. The van der Waals surface area contributed by atoms with E-state index in [2.05, 4.69) is 0 Å². The fourth-order valence-electron chi connectivity index (χ4n) is 1.24. The van der Waals surface area contributed by atoms with E-state index in [1.807, 2.05) is 36.4 Å². The van der Waals surface area contributed by atoms with Gasteiger partial charge in [-0.2, -0.15) is 0 Å². The summed E-state index contributed by atoms with van der Waals surface area (Å²) in [4.78, 5) is 0. The molecule has 0 atom stereocenters. The summed E-state index contributed by atoms with van der Waals surface area (Å²) in [6.45, 7) is 0.737. The van der Waals surface area contributed by atoms with Crippen molar-refractivity contribution in [2.45, 2.75) is 6.42 Å². The van der Waals surface area contributed by atoms with Crippen molar-refractivity contribution < 1.29 is 5.11 Å². The topological polar surface area (TPSA) is 46.2 Å². The Hall–Kier alpha value is -1.12. The van der Waals surface area contributed by atoms with Crippen LogP contribution in [0.1, 0.15) is 11.1 Å². The van der Waals surface area contributed by atoms with Crippen molar-refractivity contribution in [3.8, 4) is 0 Å². The minimum Gasteiger partial charge on any atom is -0.396 e. The summed E-state index contributed by atoms with van der Waals surface area (Å²) in [5.41, 5.74) is 7.67. The molecule has 0 aliphatic rings. The minimum absolute atomic E-state index is 0.188. The third-order valence-electron chi connectivity index (χ3n) is 1.87. The summed E-state index contributed by atoms with van der Waals surface area (Å²) in [6, 6.07) is 8.01. The van der Waals surface area contributed by atoms with Gasteiger partial charge in [-0.25, -0.2) is 0 Å². The molecule has 70 valence electrons. The number of rotatable bonds is 4. The van der Waals surface area contributed by atoms with Crippen LogP contribution in [0.2, 0.25) is 0 Å². The number of nitrogens with two attached hydrogens (primary N) is 1. The van der Waals surface area contributed by atoms with E-state index in [4.69, 9.17) is 10.8 Å². The van der Waals surface area contributed by atoms with E-state index in [0.29, 0.717) is 13.0 Å². The van der Waals surface area contributed by atoms with E-state index in [9.17, 15) is 0 Å². The van der Waals surface area contributed by atoms with Crippen LogP contribution in [0.3, 0.4) is 0 Å². The van der Waals surface area contributed by atoms with Crippen LogP contribution in [0.25, 0.3) is 6.08 Å². The Bertz CT molecular complexity index is 281. The molecule has 0 unspecified atom stereocenters. The van der Waals surface area contributed by atoms with Gasteiger partial charge in [-0.3, -0.25) is 0 Å². The molecule has 0 spiro atoms. The molecule has 13 heavy (non-hydrogen) atoms. The normalized spacial score (nSPS) is 10.9. The lowest BCUT2D eigenvalue weighted by Crippen LogP contribution is -1.95. The summed E-state index contributed by atoms with van der Waals surface area (Å²) in [6.07, 6.45) is 4.60. The van der Waals surface area contributed by atoms with Gasteiger partial charge in [0.15, 0.2) is 0 Å². The van der Waals surface area contributed by atoms with Crippen molar-refractivity contribution in [3.63, 3.8) is 0 Å². The maximum atomic E-state index is 8.82. The molecule has 2 nitrogen and oxygen atoms in total. The second-order valence-electron chi connectivity index (χ2n) is 2.81. The predicted octanol–water partition coefficient (Wildman–Crippen LogP) is 1.19. The quantitative estimate of drug-likeness (QED) is 0.725. The van der Waals surface area contributed by atoms with Gasteiger partial charge in [0, 0.05) is 13.2 Å². The van der Waals surface area contributed by atoms with Crippen LogP contribution >= 0.6 is 0 Å². The molecule has 0 fully saturated rings. The second kappa shape index (κ2) is 5.51. The van der Waals surface area contributed by atoms with Crippen LogP contribution in [-0.2, 0) is 6.42 Å². The highest BCUT2D eigenvalue weighted by Crippen LogP contribution is 2.10. The smallest absolute Gasteiger partial charge is 0.0471 e. The molecule has 0 aromatic heterocycles. The van der Waals surface area contributed by atoms with Crippen LogP contribution in [0, 0.1) is 0 Å². The van der Waals surface area contributed by atoms with Crippen molar-refractivity contribution in [2.75, 3.05) is 13.2 Å². The molecule has 0 aliphatic carbocycles. The summed E-state index contributed by atoms with van der Waals surface area (Å²) in [5, 5.41) is 8.82. The third-order valence-corrected chi connectivity index (χ3v) is 1.87. The van der Waals surface area contributed by atoms with Gasteiger partial charge in [0.05, 0.1) is 0 Å². The summed E-state index contributed by atoms with van der Waals surface area (Å²) >= 11 is 0. The molecular weight excluding hydrogens is 162 g/mol. The van der Waals surface area contributed by atoms with Gasteiger partial charge in [0.1, 0.15) is 0 Å². The van der Waals surface area contributed by atoms with E-state index in [1.54, 1.807) is 0 Å². The van der Waals surface area contributed by atoms with E-state index >= 15 is 0 Å². The third kappa shape index (κ3) is 3.01. The monoisotopic (exact) mass is 177 g/mol. The van der Waals surface area contributed by atoms with Gasteiger partial charge in [0.2, 0.25) is 0 Å². The van der Waals surface area contributed by atoms with E-state index in [-0.39, 0.29) is 6.61 Å². The van der Waals surface area contributed by atoms with Gasteiger partial charge < -0.3 is 10.8 Å². The van der Waals surface area contributed by atoms with Gasteiger partial charge in [-0.15, -0.1) is 0 Å². The lowest BCUT2D eigenvalue weighted by atomic mass is 10.0. The first-order chi connectivity index (χ1) is 6.38. The Morgan fingerprint density at radius 1 is 1.31 bits per heavy atom. The van der Waals surface area contributed by atoms with Crippen molar-refractivity contribution in [2.24, 2.45) is 5.73 Å². The standard InChI is InChI=1S/C11H15NO/c12-8-3-6-10-4-1-2-5-11(10)7-9-13/h1-6,13H,7-9,12H2. The van der Waals surface area contributed by atoms with Gasteiger partial charge in [0.25, 0.3) is 0 Å². The second-order valence-corrected chi connectivity index (χ2v) is 2.81. The molecule has 0 radical (unpaired) electrons. The zero-order valence-electron chi connectivity index (χ0n) is 7.61. The van der Waals surface area contributed by atoms with Crippen LogP contribution in [-0.4, -0.2) is 18.3 Å². The molecule has 0 bridgehead atoms. The predicted molar refractivity (Wildman–Crippen MR) is 55.3 cm³/mol.